The Morgan fingerprint density at radius 3 is 2.52 bits per heavy atom. The predicted octanol–water partition coefficient (Wildman–Crippen LogP) is 3.71. The van der Waals surface area contributed by atoms with E-state index in [0.717, 1.165) is 62.1 Å². The number of nitrogens with zero attached hydrogens (tertiary/aromatic N) is 5. The number of likely N-dealkylation sites (N-methyl/N-ethyl adjacent to an activating group) is 1. The van der Waals surface area contributed by atoms with Crippen LogP contribution in [0.4, 0.5) is 5.82 Å². The Balaban J connectivity index is 1.33. The third-order valence-electron chi connectivity index (χ3n) is 6.58. The summed E-state index contributed by atoms with van der Waals surface area (Å²) in [4.78, 5) is 17.0. The monoisotopic (exact) mass is 423 g/mol. The van der Waals surface area contributed by atoms with Crippen molar-refractivity contribution in [3.05, 3.63) is 36.0 Å². The lowest BCUT2D eigenvalue weighted by molar-refractivity contribution is 0.223. The van der Waals surface area contributed by atoms with E-state index in [0.29, 0.717) is 6.61 Å². The van der Waals surface area contributed by atoms with E-state index in [2.05, 4.69) is 45.7 Å². The fourth-order valence-corrected chi connectivity index (χ4v) is 4.59. The third-order valence-corrected chi connectivity index (χ3v) is 6.58. The lowest BCUT2D eigenvalue weighted by Crippen LogP contribution is -2.28. The number of benzene rings is 1. The first-order chi connectivity index (χ1) is 15.3. The van der Waals surface area contributed by atoms with Gasteiger partial charge < -0.3 is 19.4 Å². The van der Waals surface area contributed by atoms with Gasteiger partial charge in [0.2, 0.25) is 0 Å². The van der Waals surface area contributed by atoms with E-state index in [1.807, 2.05) is 18.3 Å². The van der Waals surface area contributed by atoms with Crippen LogP contribution in [0.5, 0.6) is 5.75 Å². The van der Waals surface area contributed by atoms with Crippen molar-refractivity contribution in [3.8, 4) is 17.1 Å². The van der Waals surface area contributed by atoms with Crippen molar-refractivity contribution in [1.82, 2.24) is 19.8 Å². The van der Waals surface area contributed by atoms with Crippen molar-refractivity contribution >= 4 is 5.82 Å². The van der Waals surface area contributed by atoms with Crippen molar-refractivity contribution in [3.63, 3.8) is 0 Å². The minimum absolute atomic E-state index is 0.711. The standard InChI is InChI=1S/C25H37N5O/c1-3-28(4-2)18-19-31-23-10-8-21(9-11-23)24-26-20-22-12-17-30(25(22)27-24)16-7-15-29-13-5-6-14-29/h8-11,20H,3-7,12-19H2,1-2H3. The van der Waals surface area contributed by atoms with Gasteiger partial charge in [0, 0.05) is 37.0 Å². The van der Waals surface area contributed by atoms with Gasteiger partial charge in [-0.15, -0.1) is 0 Å². The van der Waals surface area contributed by atoms with Crippen LogP contribution in [0.2, 0.25) is 0 Å². The second kappa shape index (κ2) is 10.9. The van der Waals surface area contributed by atoms with E-state index in [1.165, 1.54) is 44.5 Å². The molecule has 0 bridgehead atoms. The Morgan fingerprint density at radius 1 is 1.00 bits per heavy atom. The van der Waals surface area contributed by atoms with Crippen LogP contribution in [0, 0.1) is 0 Å². The Bertz CT molecular complexity index is 815. The number of rotatable bonds is 11. The van der Waals surface area contributed by atoms with Crippen LogP contribution in [0.15, 0.2) is 30.5 Å². The molecular weight excluding hydrogens is 386 g/mol. The zero-order valence-electron chi connectivity index (χ0n) is 19.2. The second-order valence-electron chi connectivity index (χ2n) is 8.58. The van der Waals surface area contributed by atoms with Crippen LogP contribution in [-0.2, 0) is 6.42 Å². The molecule has 2 aliphatic heterocycles. The highest BCUT2D eigenvalue weighted by molar-refractivity contribution is 5.61. The van der Waals surface area contributed by atoms with Crippen LogP contribution in [0.3, 0.4) is 0 Å². The highest BCUT2D eigenvalue weighted by Gasteiger charge is 2.22. The third kappa shape index (κ3) is 5.74. The molecule has 1 saturated heterocycles. The average molecular weight is 424 g/mol. The van der Waals surface area contributed by atoms with Gasteiger partial charge in [0.15, 0.2) is 5.82 Å². The maximum atomic E-state index is 5.91. The second-order valence-corrected chi connectivity index (χ2v) is 8.58. The molecule has 0 atom stereocenters. The zero-order valence-corrected chi connectivity index (χ0v) is 19.2. The first kappa shape index (κ1) is 22.0. The smallest absolute Gasteiger partial charge is 0.161 e. The molecule has 2 aliphatic rings. The number of hydrogen-bond donors (Lipinski definition) is 0. The number of fused-ring (bicyclic) bond motifs is 1. The van der Waals surface area contributed by atoms with Crippen LogP contribution in [0.1, 0.15) is 38.7 Å². The summed E-state index contributed by atoms with van der Waals surface area (Å²) in [6.45, 7) is 14.1. The molecule has 0 spiro atoms. The summed E-state index contributed by atoms with van der Waals surface area (Å²) in [5.74, 6) is 2.84. The summed E-state index contributed by atoms with van der Waals surface area (Å²) in [5, 5.41) is 0. The quantitative estimate of drug-likeness (QED) is 0.549. The zero-order chi connectivity index (χ0) is 21.5. The Morgan fingerprint density at radius 2 is 1.77 bits per heavy atom. The molecule has 2 aromatic rings. The van der Waals surface area contributed by atoms with Crippen LogP contribution < -0.4 is 9.64 Å². The number of ether oxygens (including phenoxy) is 1. The molecule has 3 heterocycles. The van der Waals surface area contributed by atoms with Crippen molar-refractivity contribution in [2.45, 2.75) is 39.5 Å². The summed E-state index contributed by atoms with van der Waals surface area (Å²) in [6, 6.07) is 8.20. The van der Waals surface area contributed by atoms with E-state index in [4.69, 9.17) is 9.72 Å². The molecule has 0 N–H and O–H groups in total. The summed E-state index contributed by atoms with van der Waals surface area (Å²) >= 11 is 0. The predicted molar refractivity (Wildman–Crippen MR) is 127 cm³/mol. The first-order valence-electron chi connectivity index (χ1n) is 12.1. The fourth-order valence-electron chi connectivity index (χ4n) is 4.59. The molecule has 4 rings (SSSR count). The molecule has 168 valence electrons. The first-order valence-corrected chi connectivity index (χ1v) is 12.1. The van der Waals surface area contributed by atoms with Gasteiger partial charge in [-0.1, -0.05) is 13.8 Å². The van der Waals surface area contributed by atoms with Crippen molar-refractivity contribution in [1.29, 1.82) is 0 Å². The van der Waals surface area contributed by atoms with Crippen molar-refractivity contribution in [2.24, 2.45) is 0 Å². The molecule has 0 amide bonds. The van der Waals surface area contributed by atoms with Crippen molar-refractivity contribution < 1.29 is 4.74 Å². The van der Waals surface area contributed by atoms with E-state index in [-0.39, 0.29) is 0 Å². The topological polar surface area (TPSA) is 44.7 Å². The number of anilines is 1. The molecule has 1 aromatic carbocycles. The van der Waals surface area contributed by atoms with Gasteiger partial charge in [0.05, 0.1) is 0 Å². The molecule has 0 unspecified atom stereocenters. The van der Waals surface area contributed by atoms with Gasteiger partial charge in [-0.2, -0.15) is 0 Å². The average Bonchev–Trinajstić information content (AvgIpc) is 3.47. The summed E-state index contributed by atoms with van der Waals surface area (Å²) in [7, 11) is 0. The van der Waals surface area contributed by atoms with Gasteiger partial charge in [0.25, 0.3) is 0 Å². The lowest BCUT2D eigenvalue weighted by Gasteiger charge is -2.21. The Hall–Kier alpha value is -2.18. The molecular formula is C25H37N5O. The highest BCUT2D eigenvalue weighted by Crippen LogP contribution is 2.28. The number of likely N-dealkylation sites (tertiary alicyclic amines) is 1. The molecule has 0 saturated carbocycles. The molecule has 0 radical (unpaired) electrons. The molecule has 1 fully saturated rings. The number of hydrogen-bond acceptors (Lipinski definition) is 6. The Kier molecular flexibility index (Phi) is 7.76. The minimum atomic E-state index is 0.711. The minimum Gasteiger partial charge on any atom is -0.492 e. The largest absolute Gasteiger partial charge is 0.492 e. The highest BCUT2D eigenvalue weighted by atomic mass is 16.5. The summed E-state index contributed by atoms with van der Waals surface area (Å²) in [5.41, 5.74) is 2.32. The van der Waals surface area contributed by atoms with Crippen LogP contribution in [0.25, 0.3) is 11.4 Å². The molecule has 0 aliphatic carbocycles. The van der Waals surface area contributed by atoms with Gasteiger partial charge in [-0.25, -0.2) is 9.97 Å². The van der Waals surface area contributed by atoms with E-state index >= 15 is 0 Å². The lowest BCUT2D eigenvalue weighted by atomic mass is 10.2. The van der Waals surface area contributed by atoms with E-state index < -0.39 is 0 Å². The van der Waals surface area contributed by atoms with Crippen molar-refractivity contribution in [2.75, 3.05) is 63.9 Å². The van der Waals surface area contributed by atoms with E-state index in [1.54, 1.807) is 0 Å². The Labute approximate surface area is 187 Å². The maximum Gasteiger partial charge on any atom is 0.161 e. The van der Waals surface area contributed by atoms with Crippen LogP contribution >= 0.6 is 0 Å². The van der Waals surface area contributed by atoms with Gasteiger partial charge in [-0.3, -0.25) is 0 Å². The normalized spacial score (nSPS) is 16.3. The van der Waals surface area contributed by atoms with Gasteiger partial charge in [-0.05, 0) is 82.7 Å². The molecule has 6 heteroatoms. The summed E-state index contributed by atoms with van der Waals surface area (Å²) in [6.07, 6.45) is 7.01. The molecule has 1 aromatic heterocycles. The maximum absolute atomic E-state index is 5.91. The summed E-state index contributed by atoms with van der Waals surface area (Å²) < 4.78 is 5.91. The molecule has 6 nitrogen and oxygen atoms in total. The van der Waals surface area contributed by atoms with Gasteiger partial charge in [0.1, 0.15) is 18.2 Å². The SMILES string of the molecule is CCN(CC)CCOc1ccc(-c2ncc3c(n2)N(CCCN2CCCC2)CC3)cc1. The fraction of sp³-hybridized carbons (Fsp3) is 0.600. The number of aromatic nitrogens is 2. The van der Waals surface area contributed by atoms with E-state index in [9.17, 15) is 0 Å². The molecule has 31 heavy (non-hydrogen) atoms. The van der Waals surface area contributed by atoms with Crippen LogP contribution in [-0.4, -0.2) is 78.7 Å². The van der Waals surface area contributed by atoms with Gasteiger partial charge >= 0.3 is 0 Å².